The molecule has 4 nitrogen and oxygen atoms in total. The van der Waals surface area contributed by atoms with Crippen LogP contribution in [0.15, 0.2) is 18.2 Å². The first kappa shape index (κ1) is 17.1. The first-order valence-electron chi connectivity index (χ1n) is 6.72. The van der Waals surface area contributed by atoms with Crippen LogP contribution in [0.4, 0.5) is 0 Å². The van der Waals surface area contributed by atoms with E-state index in [1.807, 2.05) is 30.0 Å². The van der Waals surface area contributed by atoms with Crippen LogP contribution in [0.5, 0.6) is 11.5 Å². The van der Waals surface area contributed by atoms with Crippen LogP contribution in [0.25, 0.3) is 0 Å². The highest BCUT2D eigenvalue weighted by Gasteiger charge is 2.14. The van der Waals surface area contributed by atoms with Gasteiger partial charge in [-0.1, -0.05) is 6.92 Å². The molecule has 0 fully saturated rings. The predicted molar refractivity (Wildman–Crippen MR) is 84.9 cm³/mol. The Bertz CT molecular complexity index is 401. The Balaban J connectivity index is 2.59. The van der Waals surface area contributed by atoms with Gasteiger partial charge in [-0.05, 0) is 42.7 Å². The molecule has 0 saturated heterocycles. The van der Waals surface area contributed by atoms with Crippen LogP contribution in [0, 0.1) is 5.92 Å². The third-order valence-electron chi connectivity index (χ3n) is 3.08. The van der Waals surface area contributed by atoms with Gasteiger partial charge >= 0.3 is 0 Å². The number of benzene rings is 1. The van der Waals surface area contributed by atoms with Crippen LogP contribution in [0.1, 0.15) is 18.6 Å². The van der Waals surface area contributed by atoms with E-state index in [2.05, 4.69) is 18.5 Å². The lowest BCUT2D eigenvalue weighted by Crippen LogP contribution is -2.27. The molecule has 0 bridgehead atoms. The van der Waals surface area contributed by atoms with Crippen LogP contribution >= 0.6 is 11.8 Å². The van der Waals surface area contributed by atoms with E-state index in [1.54, 1.807) is 14.2 Å². The summed E-state index contributed by atoms with van der Waals surface area (Å²) < 4.78 is 10.5. The molecule has 0 spiro atoms. The van der Waals surface area contributed by atoms with Crippen molar-refractivity contribution < 1.29 is 14.6 Å². The van der Waals surface area contributed by atoms with Crippen molar-refractivity contribution in [2.24, 2.45) is 5.92 Å². The van der Waals surface area contributed by atoms with Gasteiger partial charge in [-0.15, -0.1) is 0 Å². The fourth-order valence-electron chi connectivity index (χ4n) is 2.02. The number of ether oxygens (including phenoxy) is 2. The van der Waals surface area contributed by atoms with Gasteiger partial charge in [0.05, 0.1) is 20.3 Å². The van der Waals surface area contributed by atoms with Crippen LogP contribution in [-0.4, -0.2) is 44.4 Å². The second-order valence-electron chi connectivity index (χ2n) is 4.84. The molecule has 2 unspecified atom stereocenters. The number of methoxy groups -OCH3 is 2. The number of aliphatic hydroxyl groups is 1. The lowest BCUT2D eigenvalue weighted by Gasteiger charge is -2.18. The van der Waals surface area contributed by atoms with E-state index >= 15 is 0 Å². The minimum absolute atomic E-state index is 0.502. The minimum atomic E-state index is -0.610. The highest BCUT2D eigenvalue weighted by molar-refractivity contribution is 7.98. The van der Waals surface area contributed by atoms with Crippen molar-refractivity contribution >= 4 is 11.8 Å². The second-order valence-corrected chi connectivity index (χ2v) is 5.75. The molecule has 5 heteroatoms. The topological polar surface area (TPSA) is 50.7 Å². The van der Waals surface area contributed by atoms with Crippen molar-refractivity contribution in [3.05, 3.63) is 23.8 Å². The number of thioether (sulfide) groups is 1. The Morgan fingerprint density at radius 1 is 1.25 bits per heavy atom. The SMILES string of the molecule is COc1ccc(OC)c(C(O)CNCC(C)CSC)c1. The summed E-state index contributed by atoms with van der Waals surface area (Å²) in [4.78, 5) is 0. The molecule has 0 heterocycles. The van der Waals surface area contributed by atoms with Crippen molar-refractivity contribution in [3.63, 3.8) is 0 Å². The Hall–Kier alpha value is -0.910. The molecule has 0 aliphatic rings. The first-order chi connectivity index (χ1) is 9.62. The molecule has 0 aliphatic carbocycles. The van der Waals surface area contributed by atoms with Gasteiger partial charge in [-0.3, -0.25) is 0 Å². The van der Waals surface area contributed by atoms with Gasteiger partial charge in [0, 0.05) is 12.1 Å². The van der Waals surface area contributed by atoms with E-state index in [9.17, 15) is 5.11 Å². The van der Waals surface area contributed by atoms with E-state index in [0.717, 1.165) is 23.6 Å². The summed E-state index contributed by atoms with van der Waals surface area (Å²) in [6.07, 6.45) is 1.49. The molecule has 2 N–H and O–H groups in total. The molecular weight excluding hydrogens is 274 g/mol. The van der Waals surface area contributed by atoms with Crippen LogP contribution < -0.4 is 14.8 Å². The fourth-order valence-corrected chi connectivity index (χ4v) is 2.71. The van der Waals surface area contributed by atoms with Crippen molar-refractivity contribution in [3.8, 4) is 11.5 Å². The zero-order chi connectivity index (χ0) is 15.0. The van der Waals surface area contributed by atoms with E-state index in [-0.39, 0.29) is 0 Å². The lowest BCUT2D eigenvalue weighted by molar-refractivity contribution is 0.169. The molecule has 1 aromatic carbocycles. The summed E-state index contributed by atoms with van der Waals surface area (Å²) in [5, 5.41) is 13.6. The molecular formula is C15H25NO3S. The number of hydrogen-bond donors (Lipinski definition) is 2. The lowest BCUT2D eigenvalue weighted by atomic mass is 10.1. The normalized spacial score (nSPS) is 13.8. The Kier molecular flexibility index (Phi) is 7.80. The van der Waals surface area contributed by atoms with Crippen LogP contribution in [0.3, 0.4) is 0 Å². The highest BCUT2D eigenvalue weighted by atomic mass is 32.2. The van der Waals surface area contributed by atoms with Gasteiger partial charge in [0.25, 0.3) is 0 Å². The van der Waals surface area contributed by atoms with Gasteiger partial charge in [0.15, 0.2) is 0 Å². The van der Waals surface area contributed by atoms with Gasteiger partial charge in [0.2, 0.25) is 0 Å². The van der Waals surface area contributed by atoms with Crippen LogP contribution in [0.2, 0.25) is 0 Å². The minimum Gasteiger partial charge on any atom is -0.497 e. The quantitative estimate of drug-likeness (QED) is 0.733. The molecule has 20 heavy (non-hydrogen) atoms. The van der Waals surface area contributed by atoms with Gasteiger partial charge in [-0.25, -0.2) is 0 Å². The number of nitrogens with one attached hydrogen (secondary N) is 1. The van der Waals surface area contributed by atoms with E-state index in [1.165, 1.54) is 0 Å². The Labute approximate surface area is 125 Å². The third kappa shape index (κ3) is 5.23. The molecule has 1 rings (SSSR count). The maximum Gasteiger partial charge on any atom is 0.124 e. The smallest absolute Gasteiger partial charge is 0.124 e. The molecule has 114 valence electrons. The average molecular weight is 299 g/mol. The van der Waals surface area contributed by atoms with Crippen molar-refractivity contribution in [2.75, 3.05) is 39.3 Å². The molecule has 0 radical (unpaired) electrons. The third-order valence-corrected chi connectivity index (χ3v) is 3.98. The number of rotatable bonds is 9. The van der Waals surface area contributed by atoms with E-state index in [4.69, 9.17) is 9.47 Å². The molecule has 0 aliphatic heterocycles. The Morgan fingerprint density at radius 3 is 2.60 bits per heavy atom. The molecule has 1 aromatic rings. The zero-order valence-electron chi connectivity index (χ0n) is 12.7. The van der Waals surface area contributed by atoms with Gasteiger partial charge < -0.3 is 19.9 Å². The molecule has 0 aromatic heterocycles. The number of aliphatic hydroxyl groups excluding tert-OH is 1. The summed E-state index contributed by atoms with van der Waals surface area (Å²) in [6.45, 7) is 3.59. The molecule has 0 saturated carbocycles. The fraction of sp³-hybridized carbons (Fsp3) is 0.600. The van der Waals surface area contributed by atoms with Gasteiger partial charge in [0.1, 0.15) is 11.5 Å². The largest absolute Gasteiger partial charge is 0.497 e. The van der Waals surface area contributed by atoms with Crippen LogP contribution in [-0.2, 0) is 0 Å². The Morgan fingerprint density at radius 2 is 2.00 bits per heavy atom. The predicted octanol–water partition coefficient (Wildman–Crippen LogP) is 2.33. The molecule has 0 amide bonds. The highest BCUT2D eigenvalue weighted by Crippen LogP contribution is 2.29. The monoisotopic (exact) mass is 299 g/mol. The summed E-state index contributed by atoms with van der Waals surface area (Å²) in [7, 11) is 3.21. The summed E-state index contributed by atoms with van der Waals surface area (Å²) in [5.74, 6) is 3.10. The van der Waals surface area contributed by atoms with Crippen molar-refractivity contribution in [1.82, 2.24) is 5.32 Å². The second kappa shape index (κ2) is 9.10. The van der Waals surface area contributed by atoms with Gasteiger partial charge in [-0.2, -0.15) is 11.8 Å². The first-order valence-corrected chi connectivity index (χ1v) is 8.11. The summed E-state index contributed by atoms with van der Waals surface area (Å²) >= 11 is 1.84. The maximum atomic E-state index is 10.3. The summed E-state index contributed by atoms with van der Waals surface area (Å²) in [6, 6.07) is 5.45. The van der Waals surface area contributed by atoms with Crippen molar-refractivity contribution in [1.29, 1.82) is 0 Å². The average Bonchev–Trinajstić information content (AvgIpc) is 2.46. The van der Waals surface area contributed by atoms with E-state index in [0.29, 0.717) is 18.2 Å². The van der Waals surface area contributed by atoms with Crippen molar-refractivity contribution in [2.45, 2.75) is 13.0 Å². The zero-order valence-corrected chi connectivity index (χ0v) is 13.5. The maximum absolute atomic E-state index is 10.3. The molecule has 2 atom stereocenters. The summed E-state index contributed by atoms with van der Waals surface area (Å²) in [5.41, 5.74) is 0.747. The van der Waals surface area contributed by atoms with E-state index < -0.39 is 6.10 Å². The standard InChI is InChI=1S/C15H25NO3S/c1-11(10-20-4)8-16-9-14(17)13-7-12(18-2)5-6-15(13)19-3/h5-7,11,14,16-17H,8-10H2,1-4H3. The number of hydrogen-bond acceptors (Lipinski definition) is 5.